The summed E-state index contributed by atoms with van der Waals surface area (Å²) in [6.45, 7) is 5.55. The molecule has 0 aliphatic carbocycles. The molecular formula is C20H20ClFN2O4. The van der Waals surface area contributed by atoms with Crippen molar-refractivity contribution in [1.29, 1.82) is 0 Å². The van der Waals surface area contributed by atoms with Gasteiger partial charge in [0, 0.05) is 24.7 Å². The monoisotopic (exact) mass is 406 g/mol. The minimum Gasteiger partial charge on any atom is -0.484 e. The number of benzene rings is 2. The van der Waals surface area contributed by atoms with E-state index in [4.69, 9.17) is 21.1 Å². The Morgan fingerprint density at radius 1 is 1.14 bits per heavy atom. The Labute approximate surface area is 167 Å². The predicted octanol–water partition coefficient (Wildman–Crippen LogP) is 3.97. The molecule has 0 unspecified atom stereocenters. The number of aryl methyl sites for hydroxylation is 1. The fraction of sp³-hybridized carbons (Fsp3) is 0.200. The van der Waals surface area contributed by atoms with Crippen LogP contribution in [-0.2, 0) is 4.79 Å². The van der Waals surface area contributed by atoms with Crippen molar-refractivity contribution in [3.8, 4) is 11.5 Å². The zero-order chi connectivity index (χ0) is 20.5. The van der Waals surface area contributed by atoms with Gasteiger partial charge in [0.15, 0.2) is 6.61 Å². The first-order chi connectivity index (χ1) is 13.3. The molecule has 2 N–H and O–H groups in total. The third kappa shape index (κ3) is 7.28. The van der Waals surface area contributed by atoms with Gasteiger partial charge in [-0.05, 0) is 31.2 Å². The van der Waals surface area contributed by atoms with Gasteiger partial charge in [-0.25, -0.2) is 9.18 Å². The van der Waals surface area contributed by atoms with Crippen LogP contribution in [0, 0.1) is 12.7 Å². The Morgan fingerprint density at radius 3 is 2.50 bits per heavy atom. The lowest BCUT2D eigenvalue weighted by molar-refractivity contribution is -0.122. The number of ether oxygens (including phenoxy) is 2. The summed E-state index contributed by atoms with van der Waals surface area (Å²) < 4.78 is 23.6. The molecular weight excluding hydrogens is 387 g/mol. The van der Waals surface area contributed by atoms with Crippen LogP contribution in [0.15, 0.2) is 54.7 Å². The second-order valence-corrected chi connectivity index (χ2v) is 6.30. The van der Waals surface area contributed by atoms with Crippen molar-refractivity contribution < 1.29 is 23.5 Å². The van der Waals surface area contributed by atoms with Crippen molar-refractivity contribution in [2.75, 3.05) is 13.2 Å². The third-order valence-corrected chi connectivity index (χ3v) is 3.81. The summed E-state index contributed by atoms with van der Waals surface area (Å²) in [5, 5.41) is 5.07. The molecule has 0 aliphatic heterocycles. The van der Waals surface area contributed by atoms with Gasteiger partial charge >= 0.3 is 6.09 Å². The fourth-order valence-corrected chi connectivity index (χ4v) is 2.19. The van der Waals surface area contributed by atoms with Crippen molar-refractivity contribution in [3.63, 3.8) is 0 Å². The molecule has 0 atom stereocenters. The first kappa shape index (κ1) is 21.2. The molecule has 0 heterocycles. The molecule has 0 aliphatic rings. The van der Waals surface area contributed by atoms with Crippen molar-refractivity contribution in [2.45, 2.75) is 13.3 Å². The zero-order valence-corrected chi connectivity index (χ0v) is 16.0. The molecule has 8 heteroatoms. The highest BCUT2D eigenvalue weighted by atomic mass is 35.5. The highest BCUT2D eigenvalue weighted by molar-refractivity contribution is 6.30. The second-order valence-electron chi connectivity index (χ2n) is 5.90. The van der Waals surface area contributed by atoms with E-state index in [0.29, 0.717) is 17.9 Å². The van der Waals surface area contributed by atoms with E-state index in [9.17, 15) is 14.0 Å². The van der Waals surface area contributed by atoms with Crippen LogP contribution in [0.3, 0.4) is 0 Å². The SMILES string of the molecule is C=C(CCNC(=O)Oc1ccc(C)cc1)NC(=O)COc1ccc(Cl)c(F)c1. The van der Waals surface area contributed by atoms with Gasteiger partial charge in [0.1, 0.15) is 17.3 Å². The van der Waals surface area contributed by atoms with Crippen molar-refractivity contribution in [1.82, 2.24) is 10.6 Å². The average Bonchev–Trinajstić information content (AvgIpc) is 2.64. The van der Waals surface area contributed by atoms with Crippen LogP contribution < -0.4 is 20.1 Å². The minimum atomic E-state index is -0.632. The third-order valence-electron chi connectivity index (χ3n) is 3.50. The number of nitrogens with one attached hydrogen (secondary N) is 2. The van der Waals surface area contributed by atoms with Crippen LogP contribution in [0.25, 0.3) is 0 Å². The van der Waals surface area contributed by atoms with Crippen LogP contribution >= 0.6 is 11.6 Å². The van der Waals surface area contributed by atoms with Gasteiger partial charge in [0.05, 0.1) is 5.02 Å². The maximum absolute atomic E-state index is 13.3. The molecule has 28 heavy (non-hydrogen) atoms. The van der Waals surface area contributed by atoms with Crippen molar-refractivity contribution in [3.05, 3.63) is 71.1 Å². The first-order valence-electron chi connectivity index (χ1n) is 8.41. The molecule has 0 aromatic heterocycles. The number of rotatable bonds is 8. The molecule has 2 rings (SSSR count). The van der Waals surface area contributed by atoms with Gasteiger partial charge in [-0.2, -0.15) is 0 Å². The number of hydrogen-bond donors (Lipinski definition) is 2. The second kappa shape index (κ2) is 10.3. The molecule has 0 spiro atoms. The Hall–Kier alpha value is -3.06. The molecule has 2 aromatic carbocycles. The highest BCUT2D eigenvalue weighted by Crippen LogP contribution is 2.20. The van der Waals surface area contributed by atoms with E-state index in [-0.39, 0.29) is 23.9 Å². The summed E-state index contributed by atoms with van der Waals surface area (Å²) >= 11 is 5.57. The smallest absolute Gasteiger partial charge is 0.412 e. The van der Waals surface area contributed by atoms with Crippen LogP contribution in [0.5, 0.6) is 11.5 Å². The van der Waals surface area contributed by atoms with E-state index in [0.717, 1.165) is 11.6 Å². The van der Waals surface area contributed by atoms with Crippen LogP contribution in [-0.4, -0.2) is 25.2 Å². The van der Waals surface area contributed by atoms with E-state index in [1.165, 1.54) is 12.1 Å². The summed E-state index contributed by atoms with van der Waals surface area (Å²) in [5.41, 5.74) is 1.46. The molecule has 0 bridgehead atoms. The molecule has 0 saturated carbocycles. The Kier molecular flexibility index (Phi) is 7.83. The average molecular weight is 407 g/mol. The number of carbonyl (C=O) groups is 2. The maximum Gasteiger partial charge on any atom is 0.412 e. The summed E-state index contributed by atoms with van der Waals surface area (Å²) in [7, 11) is 0. The largest absolute Gasteiger partial charge is 0.484 e. The molecule has 2 aromatic rings. The van der Waals surface area contributed by atoms with Crippen LogP contribution in [0.1, 0.15) is 12.0 Å². The summed E-state index contributed by atoms with van der Waals surface area (Å²) in [6, 6.07) is 10.9. The van der Waals surface area contributed by atoms with E-state index in [1.807, 2.05) is 19.1 Å². The first-order valence-corrected chi connectivity index (χ1v) is 8.79. The van der Waals surface area contributed by atoms with Gasteiger partial charge < -0.3 is 20.1 Å². The fourth-order valence-electron chi connectivity index (χ4n) is 2.08. The van der Waals surface area contributed by atoms with Gasteiger partial charge in [0.2, 0.25) is 0 Å². The van der Waals surface area contributed by atoms with E-state index >= 15 is 0 Å². The van der Waals surface area contributed by atoms with Crippen molar-refractivity contribution >= 4 is 23.6 Å². The Bertz CT molecular complexity index is 856. The van der Waals surface area contributed by atoms with E-state index in [1.54, 1.807) is 12.1 Å². The lowest BCUT2D eigenvalue weighted by atomic mass is 10.2. The number of amides is 2. The number of halogens is 2. The number of carbonyl (C=O) groups excluding carboxylic acids is 2. The predicted molar refractivity (Wildman–Crippen MR) is 104 cm³/mol. The zero-order valence-electron chi connectivity index (χ0n) is 15.3. The maximum atomic E-state index is 13.3. The minimum absolute atomic E-state index is 0.0291. The molecule has 0 saturated heterocycles. The van der Waals surface area contributed by atoms with Crippen LogP contribution in [0.4, 0.5) is 9.18 Å². The topological polar surface area (TPSA) is 76.7 Å². The molecule has 0 fully saturated rings. The summed E-state index contributed by atoms with van der Waals surface area (Å²) in [5.74, 6) is -0.468. The molecule has 2 amide bonds. The number of hydrogen-bond acceptors (Lipinski definition) is 4. The Morgan fingerprint density at radius 2 is 1.82 bits per heavy atom. The van der Waals surface area contributed by atoms with E-state index < -0.39 is 17.8 Å². The lowest BCUT2D eigenvalue weighted by Crippen LogP contribution is -2.32. The van der Waals surface area contributed by atoms with E-state index in [2.05, 4.69) is 17.2 Å². The van der Waals surface area contributed by atoms with Gasteiger partial charge in [0.25, 0.3) is 5.91 Å². The quantitative estimate of drug-likeness (QED) is 0.695. The highest BCUT2D eigenvalue weighted by Gasteiger charge is 2.08. The molecule has 0 radical (unpaired) electrons. The van der Waals surface area contributed by atoms with Crippen molar-refractivity contribution in [2.24, 2.45) is 0 Å². The summed E-state index contributed by atoms with van der Waals surface area (Å²) in [6.07, 6.45) is -0.291. The van der Waals surface area contributed by atoms with Crippen LogP contribution in [0.2, 0.25) is 5.02 Å². The lowest BCUT2D eigenvalue weighted by Gasteiger charge is -2.11. The normalized spacial score (nSPS) is 10.1. The van der Waals surface area contributed by atoms with Gasteiger partial charge in [-0.3, -0.25) is 4.79 Å². The molecule has 148 valence electrons. The molecule has 6 nitrogen and oxygen atoms in total. The van der Waals surface area contributed by atoms with Gasteiger partial charge in [-0.15, -0.1) is 0 Å². The van der Waals surface area contributed by atoms with Gasteiger partial charge in [-0.1, -0.05) is 35.9 Å². The standard InChI is InChI=1S/C20H20ClFN2O4/c1-13-3-5-15(6-4-13)28-20(26)23-10-9-14(2)24-19(25)12-27-16-7-8-17(21)18(22)11-16/h3-8,11H,2,9-10,12H2,1H3,(H,23,26)(H,24,25). The summed E-state index contributed by atoms with van der Waals surface area (Å²) in [4.78, 5) is 23.5. The Balaban J connectivity index is 1.64.